The highest BCUT2D eigenvalue weighted by atomic mass is 35.5. The Kier molecular flexibility index (Phi) is 5.95. The van der Waals surface area contributed by atoms with Gasteiger partial charge in [0.2, 0.25) is 5.69 Å². The Bertz CT molecular complexity index is 1640. The number of aromatic nitrogens is 9. The maximum atomic E-state index is 15.2. The molecule has 0 saturated heterocycles. The van der Waals surface area contributed by atoms with E-state index in [-0.39, 0.29) is 16.6 Å². The summed E-state index contributed by atoms with van der Waals surface area (Å²) in [5, 5.41) is 40.6. The van der Waals surface area contributed by atoms with Crippen molar-refractivity contribution in [3.05, 3.63) is 94.2 Å². The van der Waals surface area contributed by atoms with Gasteiger partial charge in [-0.3, -0.25) is 4.68 Å². The molecule has 6 rings (SSSR count). The standard InChI is InChI=1S/C25H21ClFN9O2/c1-15-30-20(8-9-35(15)37)18-11-29-33(12-18)23(10-16-2-3-16)21-6-4-17(13-36(21)38)24-22(34-14-28-31-32-34)7-5-19(26)25(24)27/h4-9,11-14,16,23H,2-3,10H2,1H3. The molecule has 11 nitrogen and oxygen atoms in total. The number of hydrogen-bond donors (Lipinski definition) is 0. The lowest BCUT2D eigenvalue weighted by Crippen LogP contribution is -2.35. The molecule has 1 aliphatic carbocycles. The average Bonchev–Trinajstić information content (AvgIpc) is 3.34. The largest absolute Gasteiger partial charge is 0.711 e. The summed E-state index contributed by atoms with van der Waals surface area (Å²) in [6.45, 7) is 1.63. The van der Waals surface area contributed by atoms with E-state index < -0.39 is 5.82 Å². The third-order valence-electron chi connectivity index (χ3n) is 6.68. The van der Waals surface area contributed by atoms with Crippen molar-refractivity contribution < 1.29 is 13.9 Å². The maximum absolute atomic E-state index is 15.2. The van der Waals surface area contributed by atoms with Crippen molar-refractivity contribution in [2.45, 2.75) is 32.2 Å². The molecule has 4 heterocycles. The number of pyridine rings is 1. The van der Waals surface area contributed by atoms with Gasteiger partial charge in [-0.1, -0.05) is 24.4 Å². The van der Waals surface area contributed by atoms with Crippen molar-refractivity contribution >= 4 is 11.6 Å². The van der Waals surface area contributed by atoms with E-state index in [0.29, 0.717) is 39.1 Å². The predicted octanol–water partition coefficient (Wildman–Crippen LogP) is 3.35. The van der Waals surface area contributed by atoms with E-state index in [1.165, 1.54) is 29.5 Å². The smallest absolute Gasteiger partial charge is 0.298 e. The van der Waals surface area contributed by atoms with Gasteiger partial charge in [0.25, 0.3) is 5.82 Å². The lowest BCUT2D eigenvalue weighted by atomic mass is 10.0. The average molecular weight is 534 g/mol. The molecule has 13 heteroatoms. The molecule has 0 bridgehead atoms. The monoisotopic (exact) mass is 533 g/mol. The van der Waals surface area contributed by atoms with E-state index >= 15 is 4.39 Å². The van der Waals surface area contributed by atoms with Crippen LogP contribution in [0.25, 0.3) is 28.1 Å². The van der Waals surface area contributed by atoms with Crippen LogP contribution in [0.15, 0.2) is 61.4 Å². The Morgan fingerprint density at radius 2 is 1.97 bits per heavy atom. The van der Waals surface area contributed by atoms with Crippen LogP contribution >= 0.6 is 11.6 Å². The van der Waals surface area contributed by atoms with Gasteiger partial charge in [0, 0.05) is 25.3 Å². The molecule has 38 heavy (non-hydrogen) atoms. The van der Waals surface area contributed by atoms with Gasteiger partial charge in [-0.25, -0.2) is 9.12 Å². The minimum absolute atomic E-state index is 0.0821. The van der Waals surface area contributed by atoms with Crippen molar-refractivity contribution in [2.24, 2.45) is 5.92 Å². The van der Waals surface area contributed by atoms with E-state index in [0.717, 1.165) is 29.6 Å². The van der Waals surface area contributed by atoms with Crippen molar-refractivity contribution in [3.63, 3.8) is 0 Å². The summed E-state index contributed by atoms with van der Waals surface area (Å²) >= 11 is 6.08. The van der Waals surface area contributed by atoms with Gasteiger partial charge in [-0.2, -0.15) is 14.5 Å². The molecule has 1 saturated carbocycles. The van der Waals surface area contributed by atoms with Crippen molar-refractivity contribution in [3.8, 4) is 28.1 Å². The maximum Gasteiger partial charge on any atom is 0.298 e. The van der Waals surface area contributed by atoms with Crippen LogP contribution in [0, 0.1) is 29.1 Å². The van der Waals surface area contributed by atoms with Gasteiger partial charge in [0.05, 0.1) is 39.8 Å². The van der Waals surface area contributed by atoms with Gasteiger partial charge in [0.15, 0.2) is 17.7 Å². The van der Waals surface area contributed by atoms with E-state index in [4.69, 9.17) is 11.6 Å². The van der Waals surface area contributed by atoms with E-state index in [1.807, 2.05) is 6.20 Å². The van der Waals surface area contributed by atoms with Crippen LogP contribution in [0.3, 0.4) is 0 Å². The molecule has 0 spiro atoms. The van der Waals surface area contributed by atoms with Gasteiger partial charge >= 0.3 is 0 Å². The first-order chi connectivity index (χ1) is 18.4. The molecular formula is C25H21ClFN9O2. The van der Waals surface area contributed by atoms with E-state index in [2.05, 4.69) is 25.6 Å². The summed E-state index contributed by atoms with van der Waals surface area (Å²) in [7, 11) is 0. The van der Waals surface area contributed by atoms with Crippen LogP contribution in [0.2, 0.25) is 5.02 Å². The summed E-state index contributed by atoms with van der Waals surface area (Å²) < 4.78 is 19.7. The minimum atomic E-state index is -0.677. The van der Waals surface area contributed by atoms with Crippen LogP contribution in [-0.2, 0) is 0 Å². The second-order valence-electron chi connectivity index (χ2n) is 9.27. The first kappa shape index (κ1) is 23.9. The Morgan fingerprint density at radius 1 is 1.13 bits per heavy atom. The van der Waals surface area contributed by atoms with E-state index in [9.17, 15) is 10.4 Å². The molecule has 1 unspecified atom stereocenters. The molecule has 0 amide bonds. The number of aryl methyl sites for hydroxylation is 1. The number of halogens is 2. The molecule has 4 aromatic heterocycles. The quantitative estimate of drug-likeness (QED) is 0.232. The fourth-order valence-corrected chi connectivity index (χ4v) is 4.68. The summed E-state index contributed by atoms with van der Waals surface area (Å²) in [6, 6.07) is 7.66. The SMILES string of the molecule is Cc1nc(-c2cnn(C(CC3CC3)c3ccc(-c4c(-n5cnnn5)ccc(Cl)c4F)c[n+]3[O-])c2)cc[n+]1[O-]. The lowest BCUT2D eigenvalue weighted by molar-refractivity contribution is -0.616. The minimum Gasteiger partial charge on any atom is -0.711 e. The molecule has 192 valence electrons. The Balaban J connectivity index is 1.39. The third-order valence-corrected chi connectivity index (χ3v) is 6.97. The molecule has 1 aromatic carbocycles. The summed E-state index contributed by atoms with van der Waals surface area (Å²) in [5.41, 5.74) is 2.61. The summed E-state index contributed by atoms with van der Waals surface area (Å²) in [5.74, 6) is 0.136. The lowest BCUT2D eigenvalue weighted by Gasteiger charge is -2.18. The topological polar surface area (TPSA) is 128 Å². The highest BCUT2D eigenvalue weighted by Crippen LogP contribution is 2.39. The van der Waals surface area contributed by atoms with Crippen molar-refractivity contribution in [2.75, 3.05) is 0 Å². The highest BCUT2D eigenvalue weighted by molar-refractivity contribution is 6.31. The van der Waals surface area contributed by atoms with Crippen LogP contribution in [0.4, 0.5) is 4.39 Å². The first-order valence-corrected chi connectivity index (χ1v) is 12.3. The Hall–Kier alpha value is -4.45. The summed E-state index contributed by atoms with van der Waals surface area (Å²) in [4.78, 5) is 4.34. The zero-order chi connectivity index (χ0) is 26.4. The summed E-state index contributed by atoms with van der Waals surface area (Å²) in [6.07, 6.45) is 10.5. The molecule has 1 aliphatic rings. The zero-order valence-electron chi connectivity index (χ0n) is 20.1. The molecular weight excluding hydrogens is 513 g/mol. The first-order valence-electron chi connectivity index (χ1n) is 11.9. The van der Waals surface area contributed by atoms with Crippen LogP contribution < -0.4 is 9.46 Å². The molecule has 1 fully saturated rings. The van der Waals surface area contributed by atoms with Crippen LogP contribution in [-0.4, -0.2) is 35.0 Å². The second-order valence-corrected chi connectivity index (χ2v) is 9.68. The number of tetrazole rings is 1. The molecule has 0 N–H and O–H groups in total. The fraction of sp³-hybridized carbons (Fsp3) is 0.240. The van der Waals surface area contributed by atoms with Gasteiger partial charge in [-0.15, -0.1) is 5.10 Å². The third kappa shape index (κ3) is 4.43. The molecule has 1 atom stereocenters. The van der Waals surface area contributed by atoms with Gasteiger partial charge in [-0.05, 0) is 45.9 Å². The number of nitrogens with zero attached hydrogens (tertiary/aromatic N) is 9. The zero-order valence-corrected chi connectivity index (χ0v) is 20.9. The molecule has 5 aromatic rings. The number of rotatable bonds is 7. The molecule has 0 radical (unpaired) electrons. The Labute approximate surface area is 220 Å². The van der Waals surface area contributed by atoms with Crippen molar-refractivity contribution in [1.29, 1.82) is 0 Å². The second kappa shape index (κ2) is 9.45. The van der Waals surface area contributed by atoms with E-state index in [1.54, 1.807) is 42.1 Å². The predicted molar refractivity (Wildman–Crippen MR) is 133 cm³/mol. The Morgan fingerprint density at radius 3 is 2.68 bits per heavy atom. The highest BCUT2D eigenvalue weighted by Gasteiger charge is 2.32. The van der Waals surface area contributed by atoms with Gasteiger partial charge in [0.1, 0.15) is 12.4 Å². The van der Waals surface area contributed by atoms with Crippen LogP contribution in [0.5, 0.6) is 0 Å². The van der Waals surface area contributed by atoms with Crippen LogP contribution in [0.1, 0.15) is 36.8 Å². The fourth-order valence-electron chi connectivity index (χ4n) is 4.52. The van der Waals surface area contributed by atoms with Crippen molar-refractivity contribution in [1.82, 2.24) is 35.0 Å². The molecule has 0 aliphatic heterocycles. The number of hydrogen-bond acceptors (Lipinski definition) is 7. The van der Waals surface area contributed by atoms with Gasteiger partial charge < -0.3 is 10.4 Å². The normalized spacial score (nSPS) is 14.1. The number of benzene rings is 1.